The van der Waals surface area contributed by atoms with Crippen molar-refractivity contribution in [1.82, 2.24) is 14.7 Å². The lowest BCUT2D eigenvalue weighted by Crippen LogP contribution is -2.44. The summed E-state index contributed by atoms with van der Waals surface area (Å²) in [5, 5.41) is 4.10. The van der Waals surface area contributed by atoms with Crippen molar-refractivity contribution >= 4 is 11.9 Å². The second-order valence-corrected chi connectivity index (χ2v) is 4.50. The minimum atomic E-state index is -0.326. The van der Waals surface area contributed by atoms with Gasteiger partial charge in [-0.1, -0.05) is 0 Å². The predicted octanol–water partition coefficient (Wildman–Crippen LogP) is 0.503. The van der Waals surface area contributed by atoms with E-state index in [1.807, 2.05) is 6.07 Å². The summed E-state index contributed by atoms with van der Waals surface area (Å²) >= 11 is 0. The first-order chi connectivity index (χ1) is 8.56. The Balaban J connectivity index is 2.38. The highest BCUT2D eigenvalue weighted by molar-refractivity contribution is 5.82. The molecular formula is C12H17N3O3. The number of methoxy groups -OCH3 is 1. The van der Waals surface area contributed by atoms with Crippen molar-refractivity contribution in [3.63, 3.8) is 0 Å². The lowest BCUT2D eigenvalue weighted by atomic mass is 9.87. The third kappa shape index (κ3) is 1.98. The van der Waals surface area contributed by atoms with E-state index in [9.17, 15) is 9.59 Å². The molecule has 2 rings (SSSR count). The molecule has 2 heterocycles. The monoisotopic (exact) mass is 251 g/mol. The third-order valence-electron chi connectivity index (χ3n) is 3.53. The molecule has 1 saturated heterocycles. The minimum Gasteiger partial charge on any atom is -0.469 e. The Labute approximate surface area is 106 Å². The topological polar surface area (TPSA) is 64.4 Å². The van der Waals surface area contributed by atoms with Gasteiger partial charge in [0.1, 0.15) is 0 Å². The van der Waals surface area contributed by atoms with Crippen molar-refractivity contribution in [2.45, 2.75) is 18.9 Å². The summed E-state index contributed by atoms with van der Waals surface area (Å²) in [5.41, 5.74) is 0.848. The van der Waals surface area contributed by atoms with Gasteiger partial charge in [-0.2, -0.15) is 5.10 Å². The average molecular weight is 251 g/mol. The van der Waals surface area contributed by atoms with Crippen LogP contribution in [0.3, 0.4) is 0 Å². The molecule has 1 aliphatic rings. The van der Waals surface area contributed by atoms with E-state index in [4.69, 9.17) is 4.74 Å². The van der Waals surface area contributed by atoms with Gasteiger partial charge in [0.15, 0.2) is 0 Å². The predicted molar refractivity (Wildman–Crippen MR) is 63.5 cm³/mol. The fraction of sp³-hybridized carbons (Fsp3) is 0.583. The number of aryl methyl sites for hydroxylation is 1. The second-order valence-electron chi connectivity index (χ2n) is 4.50. The van der Waals surface area contributed by atoms with Gasteiger partial charge < -0.3 is 9.64 Å². The van der Waals surface area contributed by atoms with Gasteiger partial charge in [0.2, 0.25) is 5.91 Å². The SMILES string of the molecule is COC(=O)[C@H]1CCC(=O)N(C)[C@@H]1c1ccnn1C. The first-order valence-corrected chi connectivity index (χ1v) is 5.87. The number of esters is 1. The molecule has 18 heavy (non-hydrogen) atoms. The van der Waals surface area contributed by atoms with Gasteiger partial charge in [0.05, 0.1) is 24.8 Å². The molecule has 1 aromatic heterocycles. The summed E-state index contributed by atoms with van der Waals surface area (Å²) < 4.78 is 6.53. The fourth-order valence-electron chi connectivity index (χ4n) is 2.52. The van der Waals surface area contributed by atoms with Crippen molar-refractivity contribution in [2.75, 3.05) is 14.2 Å². The number of carbonyl (C=O) groups is 2. The Morgan fingerprint density at radius 2 is 2.22 bits per heavy atom. The summed E-state index contributed by atoms with van der Waals surface area (Å²) in [5.74, 6) is -0.560. The maximum absolute atomic E-state index is 11.8. The molecule has 6 nitrogen and oxygen atoms in total. The van der Waals surface area contributed by atoms with Crippen LogP contribution in [0.15, 0.2) is 12.3 Å². The van der Waals surface area contributed by atoms with Gasteiger partial charge in [-0.3, -0.25) is 14.3 Å². The van der Waals surface area contributed by atoms with E-state index in [1.165, 1.54) is 7.11 Å². The molecule has 1 fully saturated rings. The largest absolute Gasteiger partial charge is 0.469 e. The zero-order chi connectivity index (χ0) is 13.3. The van der Waals surface area contributed by atoms with E-state index in [-0.39, 0.29) is 23.8 Å². The molecule has 0 spiro atoms. The smallest absolute Gasteiger partial charge is 0.311 e. The Kier molecular flexibility index (Phi) is 3.36. The van der Waals surface area contributed by atoms with Crippen molar-refractivity contribution in [3.05, 3.63) is 18.0 Å². The van der Waals surface area contributed by atoms with Gasteiger partial charge in [-0.15, -0.1) is 0 Å². The molecule has 0 bridgehead atoms. The van der Waals surface area contributed by atoms with Gasteiger partial charge in [-0.25, -0.2) is 0 Å². The first kappa shape index (κ1) is 12.6. The number of aromatic nitrogens is 2. The van der Waals surface area contributed by atoms with Crippen LogP contribution in [0.1, 0.15) is 24.6 Å². The zero-order valence-electron chi connectivity index (χ0n) is 10.8. The van der Waals surface area contributed by atoms with Crippen molar-refractivity contribution in [3.8, 4) is 0 Å². The second kappa shape index (κ2) is 4.80. The maximum Gasteiger partial charge on any atom is 0.311 e. The number of hydrogen-bond acceptors (Lipinski definition) is 4. The Morgan fingerprint density at radius 1 is 1.50 bits per heavy atom. The van der Waals surface area contributed by atoms with Gasteiger partial charge in [-0.05, 0) is 12.5 Å². The molecule has 2 atom stereocenters. The van der Waals surface area contributed by atoms with E-state index < -0.39 is 0 Å². The Bertz CT molecular complexity index is 469. The van der Waals surface area contributed by atoms with Gasteiger partial charge in [0, 0.05) is 26.7 Å². The van der Waals surface area contributed by atoms with E-state index >= 15 is 0 Å². The highest BCUT2D eigenvalue weighted by Crippen LogP contribution is 2.35. The summed E-state index contributed by atoms with van der Waals surface area (Å²) in [4.78, 5) is 25.3. The molecule has 0 radical (unpaired) electrons. The van der Waals surface area contributed by atoms with Crippen LogP contribution in [0, 0.1) is 5.92 Å². The quantitative estimate of drug-likeness (QED) is 0.718. The summed E-state index contributed by atoms with van der Waals surface area (Å²) in [6.07, 6.45) is 2.56. The molecule has 0 N–H and O–H groups in total. The number of hydrogen-bond donors (Lipinski definition) is 0. The van der Waals surface area contributed by atoms with Crippen molar-refractivity contribution in [1.29, 1.82) is 0 Å². The number of nitrogens with zero attached hydrogens (tertiary/aromatic N) is 3. The molecule has 98 valence electrons. The van der Waals surface area contributed by atoms with Crippen LogP contribution in [0.5, 0.6) is 0 Å². The highest BCUT2D eigenvalue weighted by Gasteiger charge is 2.40. The van der Waals surface area contributed by atoms with Gasteiger partial charge >= 0.3 is 5.97 Å². The van der Waals surface area contributed by atoms with Crippen LogP contribution in [0.4, 0.5) is 0 Å². The van der Waals surface area contributed by atoms with E-state index in [1.54, 1.807) is 29.9 Å². The Hall–Kier alpha value is -1.85. The normalized spacial score (nSPS) is 24.2. The average Bonchev–Trinajstić information content (AvgIpc) is 2.77. The lowest BCUT2D eigenvalue weighted by molar-refractivity contribution is -0.154. The van der Waals surface area contributed by atoms with Gasteiger partial charge in [0.25, 0.3) is 0 Å². The molecule has 1 amide bonds. The van der Waals surface area contributed by atoms with Crippen molar-refractivity contribution in [2.24, 2.45) is 13.0 Å². The number of piperidine rings is 1. The third-order valence-corrected chi connectivity index (χ3v) is 3.53. The molecule has 0 unspecified atom stereocenters. The molecule has 0 aliphatic carbocycles. The number of ether oxygens (including phenoxy) is 1. The van der Waals surface area contributed by atoms with Crippen LogP contribution in [0.2, 0.25) is 0 Å². The highest BCUT2D eigenvalue weighted by atomic mass is 16.5. The minimum absolute atomic E-state index is 0.0429. The van der Waals surface area contributed by atoms with Crippen LogP contribution >= 0.6 is 0 Å². The fourth-order valence-corrected chi connectivity index (χ4v) is 2.52. The van der Waals surface area contributed by atoms with Crippen LogP contribution in [0.25, 0.3) is 0 Å². The van der Waals surface area contributed by atoms with E-state index in [0.29, 0.717) is 12.8 Å². The van der Waals surface area contributed by atoms with Crippen LogP contribution in [-0.2, 0) is 21.4 Å². The summed E-state index contributed by atoms with van der Waals surface area (Å²) in [6.45, 7) is 0. The van der Waals surface area contributed by atoms with Crippen molar-refractivity contribution < 1.29 is 14.3 Å². The number of likely N-dealkylation sites (tertiary alicyclic amines) is 1. The van der Waals surface area contributed by atoms with E-state index in [0.717, 1.165) is 5.69 Å². The van der Waals surface area contributed by atoms with Crippen LogP contribution in [-0.4, -0.2) is 40.7 Å². The number of rotatable bonds is 2. The lowest BCUT2D eigenvalue weighted by Gasteiger charge is -2.37. The zero-order valence-corrected chi connectivity index (χ0v) is 10.8. The maximum atomic E-state index is 11.8. The summed E-state index contributed by atoms with van der Waals surface area (Å²) in [6, 6.07) is 1.53. The number of amides is 1. The Morgan fingerprint density at radius 3 is 2.78 bits per heavy atom. The summed E-state index contributed by atoms with van der Waals surface area (Å²) in [7, 11) is 4.89. The molecule has 6 heteroatoms. The first-order valence-electron chi connectivity index (χ1n) is 5.87. The molecule has 0 aromatic carbocycles. The van der Waals surface area contributed by atoms with E-state index in [2.05, 4.69) is 5.10 Å². The number of carbonyl (C=O) groups excluding carboxylic acids is 2. The molecule has 1 aromatic rings. The molecule has 0 saturated carbocycles. The standard InChI is InChI=1S/C12H17N3O3/c1-14-10(16)5-4-8(12(17)18-3)11(14)9-6-7-13-15(9)2/h6-8,11H,4-5H2,1-3H3/t8-,11-/m0/s1. The van der Waals surface area contributed by atoms with Crippen LogP contribution < -0.4 is 0 Å². The molecule has 1 aliphatic heterocycles. The molecular weight excluding hydrogens is 234 g/mol.